The molecule has 3 rings (SSSR count). The smallest absolute Gasteiger partial charge is 0.251 e. The van der Waals surface area contributed by atoms with E-state index in [0.717, 1.165) is 18.4 Å². The van der Waals surface area contributed by atoms with E-state index in [1.165, 1.54) is 0 Å². The molecule has 2 aromatic rings. The predicted octanol–water partition coefficient (Wildman–Crippen LogP) is 3.28. The summed E-state index contributed by atoms with van der Waals surface area (Å²) in [5.41, 5.74) is 2.51. The lowest BCUT2D eigenvalue weighted by Gasteiger charge is -2.22. The first kappa shape index (κ1) is 20.6. The van der Waals surface area contributed by atoms with E-state index in [1.807, 2.05) is 32.9 Å². The van der Waals surface area contributed by atoms with Gasteiger partial charge >= 0.3 is 0 Å². The Morgan fingerprint density at radius 1 is 0.931 bits per heavy atom. The first-order chi connectivity index (χ1) is 13.8. The second kappa shape index (κ2) is 8.90. The minimum atomic E-state index is -0.702. The molecule has 1 saturated carbocycles. The van der Waals surface area contributed by atoms with Crippen molar-refractivity contribution in [3.8, 4) is 0 Å². The highest BCUT2D eigenvalue weighted by Crippen LogP contribution is 2.20. The monoisotopic (exact) mass is 393 g/mol. The molecule has 1 fully saturated rings. The van der Waals surface area contributed by atoms with Crippen LogP contribution in [0.2, 0.25) is 0 Å². The summed E-state index contributed by atoms with van der Waals surface area (Å²) in [4.78, 5) is 37.6. The molecule has 0 spiro atoms. The van der Waals surface area contributed by atoms with Gasteiger partial charge in [0.2, 0.25) is 5.91 Å². The van der Waals surface area contributed by atoms with Gasteiger partial charge in [0.25, 0.3) is 11.8 Å². The van der Waals surface area contributed by atoms with E-state index < -0.39 is 6.04 Å². The zero-order chi connectivity index (χ0) is 21.0. The van der Waals surface area contributed by atoms with E-state index >= 15 is 0 Å². The molecule has 3 amide bonds. The maximum absolute atomic E-state index is 12.8. The van der Waals surface area contributed by atoms with Crippen LogP contribution in [0.25, 0.3) is 0 Å². The van der Waals surface area contributed by atoms with Gasteiger partial charge in [-0.15, -0.1) is 0 Å². The molecule has 0 aromatic heterocycles. The summed E-state index contributed by atoms with van der Waals surface area (Å²) in [5, 5.41) is 8.58. The van der Waals surface area contributed by atoms with E-state index in [2.05, 4.69) is 16.0 Å². The Morgan fingerprint density at radius 3 is 2.21 bits per heavy atom. The third-order valence-electron chi connectivity index (χ3n) is 4.82. The zero-order valence-electron chi connectivity index (χ0n) is 17.0. The van der Waals surface area contributed by atoms with Crippen LogP contribution in [0.5, 0.6) is 0 Å². The Morgan fingerprint density at radius 2 is 1.59 bits per heavy atom. The number of hydrogen-bond donors (Lipinski definition) is 3. The van der Waals surface area contributed by atoms with Crippen molar-refractivity contribution in [1.29, 1.82) is 0 Å². The average molecular weight is 393 g/mol. The summed E-state index contributed by atoms with van der Waals surface area (Å²) in [6.45, 7) is 5.66. The summed E-state index contributed by atoms with van der Waals surface area (Å²) >= 11 is 0. The summed E-state index contributed by atoms with van der Waals surface area (Å²) in [6, 6.07) is 13.6. The van der Waals surface area contributed by atoms with Gasteiger partial charge in [0.15, 0.2) is 0 Å². The largest absolute Gasteiger partial charge is 0.349 e. The molecule has 0 saturated heterocycles. The number of hydrogen-bond acceptors (Lipinski definition) is 3. The molecule has 3 N–H and O–H groups in total. The molecule has 6 nitrogen and oxygen atoms in total. The lowest BCUT2D eigenvalue weighted by molar-refractivity contribution is -0.118. The molecule has 0 bridgehead atoms. The van der Waals surface area contributed by atoms with E-state index in [0.29, 0.717) is 16.8 Å². The lowest BCUT2D eigenvalue weighted by Crippen LogP contribution is -2.47. The van der Waals surface area contributed by atoms with E-state index in [9.17, 15) is 14.4 Å². The number of carbonyl (C=O) groups is 3. The van der Waals surface area contributed by atoms with Crippen LogP contribution in [0.1, 0.15) is 53.0 Å². The molecule has 29 heavy (non-hydrogen) atoms. The maximum atomic E-state index is 12.8. The first-order valence-electron chi connectivity index (χ1n) is 9.93. The molecule has 152 valence electrons. The summed E-state index contributed by atoms with van der Waals surface area (Å²) in [7, 11) is 0. The Bertz CT molecular complexity index is 919. The SMILES string of the molecule is Cc1cccc(C(=O)NC(C(=O)Nc2cccc(C(=O)NC3CC3)c2)C(C)C)c1. The fraction of sp³-hybridized carbons (Fsp3) is 0.348. The zero-order valence-corrected chi connectivity index (χ0v) is 17.0. The minimum Gasteiger partial charge on any atom is -0.349 e. The summed E-state index contributed by atoms with van der Waals surface area (Å²) < 4.78 is 0. The number of benzene rings is 2. The van der Waals surface area contributed by atoms with Gasteiger partial charge in [0.1, 0.15) is 6.04 Å². The van der Waals surface area contributed by atoms with Gasteiger partial charge in [0.05, 0.1) is 0 Å². The van der Waals surface area contributed by atoms with Gasteiger partial charge < -0.3 is 16.0 Å². The molecule has 1 aliphatic carbocycles. The van der Waals surface area contributed by atoms with Crippen molar-refractivity contribution >= 4 is 23.4 Å². The standard InChI is InChI=1S/C23H27N3O3/c1-14(2)20(26-22(28)16-7-4-6-15(3)12-16)23(29)25-19-9-5-8-17(13-19)21(27)24-18-10-11-18/h4-9,12-14,18,20H,10-11H2,1-3H3,(H,24,27)(H,25,29)(H,26,28). The fourth-order valence-corrected chi connectivity index (χ4v) is 3.00. The molecule has 0 heterocycles. The van der Waals surface area contributed by atoms with Crippen molar-refractivity contribution in [2.75, 3.05) is 5.32 Å². The van der Waals surface area contributed by atoms with Crippen molar-refractivity contribution in [3.05, 3.63) is 65.2 Å². The average Bonchev–Trinajstić information content (AvgIpc) is 3.49. The topological polar surface area (TPSA) is 87.3 Å². The molecule has 6 heteroatoms. The third kappa shape index (κ3) is 5.67. The Labute approximate surface area is 171 Å². The highest BCUT2D eigenvalue weighted by molar-refractivity contribution is 6.02. The summed E-state index contributed by atoms with van der Waals surface area (Å²) in [5.74, 6) is -0.859. The van der Waals surface area contributed by atoms with Gasteiger partial charge in [-0.05, 0) is 56.0 Å². The number of anilines is 1. The van der Waals surface area contributed by atoms with Crippen molar-refractivity contribution in [3.63, 3.8) is 0 Å². The van der Waals surface area contributed by atoms with Gasteiger partial charge in [-0.3, -0.25) is 14.4 Å². The van der Waals surface area contributed by atoms with Crippen LogP contribution in [0, 0.1) is 12.8 Å². The van der Waals surface area contributed by atoms with Crippen molar-refractivity contribution < 1.29 is 14.4 Å². The first-order valence-corrected chi connectivity index (χ1v) is 9.93. The normalized spacial score (nSPS) is 14.2. The Hall–Kier alpha value is -3.15. The molecular weight excluding hydrogens is 366 g/mol. The molecule has 1 unspecified atom stereocenters. The van der Waals surface area contributed by atoms with Gasteiger partial charge in [-0.25, -0.2) is 0 Å². The van der Waals surface area contributed by atoms with Crippen LogP contribution < -0.4 is 16.0 Å². The van der Waals surface area contributed by atoms with Crippen LogP contribution in [0.3, 0.4) is 0 Å². The van der Waals surface area contributed by atoms with Crippen LogP contribution in [-0.4, -0.2) is 29.8 Å². The van der Waals surface area contributed by atoms with Gasteiger partial charge in [-0.1, -0.05) is 37.6 Å². The van der Waals surface area contributed by atoms with Gasteiger partial charge in [0, 0.05) is 22.9 Å². The van der Waals surface area contributed by atoms with E-state index in [-0.39, 0.29) is 29.7 Å². The van der Waals surface area contributed by atoms with Crippen molar-refractivity contribution in [1.82, 2.24) is 10.6 Å². The number of rotatable bonds is 7. The molecule has 0 aliphatic heterocycles. The maximum Gasteiger partial charge on any atom is 0.251 e. The van der Waals surface area contributed by atoms with Crippen molar-refractivity contribution in [2.24, 2.45) is 5.92 Å². The molecule has 1 aliphatic rings. The second-order valence-electron chi connectivity index (χ2n) is 7.88. The van der Waals surface area contributed by atoms with E-state index in [1.54, 1.807) is 36.4 Å². The van der Waals surface area contributed by atoms with E-state index in [4.69, 9.17) is 0 Å². The molecular formula is C23H27N3O3. The Balaban J connectivity index is 1.68. The molecule has 0 radical (unpaired) electrons. The van der Waals surface area contributed by atoms with Crippen LogP contribution in [-0.2, 0) is 4.79 Å². The number of aryl methyl sites for hydroxylation is 1. The fourth-order valence-electron chi connectivity index (χ4n) is 3.00. The highest BCUT2D eigenvalue weighted by atomic mass is 16.2. The lowest BCUT2D eigenvalue weighted by atomic mass is 10.0. The Kier molecular flexibility index (Phi) is 6.32. The van der Waals surface area contributed by atoms with Crippen LogP contribution in [0.4, 0.5) is 5.69 Å². The number of nitrogens with one attached hydrogen (secondary N) is 3. The van der Waals surface area contributed by atoms with Gasteiger partial charge in [-0.2, -0.15) is 0 Å². The van der Waals surface area contributed by atoms with Crippen molar-refractivity contribution in [2.45, 2.75) is 45.7 Å². The predicted molar refractivity (Wildman–Crippen MR) is 113 cm³/mol. The quantitative estimate of drug-likeness (QED) is 0.675. The van der Waals surface area contributed by atoms with Crippen LogP contribution in [0.15, 0.2) is 48.5 Å². The van der Waals surface area contributed by atoms with Crippen LogP contribution >= 0.6 is 0 Å². The molecule has 1 atom stereocenters. The highest BCUT2D eigenvalue weighted by Gasteiger charge is 2.26. The number of carbonyl (C=O) groups excluding carboxylic acids is 3. The number of amides is 3. The second-order valence-corrected chi connectivity index (χ2v) is 7.88. The molecule has 2 aromatic carbocycles. The summed E-state index contributed by atoms with van der Waals surface area (Å²) in [6.07, 6.45) is 2.03. The minimum absolute atomic E-state index is 0.106. The third-order valence-corrected chi connectivity index (χ3v) is 4.82.